The van der Waals surface area contributed by atoms with Crippen molar-refractivity contribution in [1.82, 2.24) is 19.3 Å². The highest BCUT2D eigenvalue weighted by Crippen LogP contribution is 2.31. The highest BCUT2D eigenvalue weighted by atomic mass is 35.5. The number of hydrogen-bond donors (Lipinski definition) is 0. The molecule has 0 bridgehead atoms. The maximum absolute atomic E-state index is 13.1. The molecule has 1 aliphatic rings. The van der Waals surface area contributed by atoms with Crippen LogP contribution in [0, 0.1) is 0 Å². The highest BCUT2D eigenvalue weighted by Gasteiger charge is 2.38. The average molecular weight is 451 g/mol. The lowest BCUT2D eigenvalue weighted by Gasteiger charge is -2.37. The van der Waals surface area contributed by atoms with Crippen molar-refractivity contribution in [3.63, 3.8) is 0 Å². The summed E-state index contributed by atoms with van der Waals surface area (Å²) in [5.74, 6) is 0. The van der Waals surface area contributed by atoms with Gasteiger partial charge in [-0.25, -0.2) is 13.1 Å². The maximum atomic E-state index is 13.1. The minimum Gasteiger partial charge on any atom is -0.246 e. The second-order valence-electron chi connectivity index (χ2n) is 7.46. The minimum atomic E-state index is -3.58. The number of rotatable bonds is 5. The highest BCUT2D eigenvalue weighted by molar-refractivity contribution is 7.89. The van der Waals surface area contributed by atoms with Crippen molar-refractivity contribution in [2.75, 3.05) is 13.1 Å². The normalized spacial score (nSPS) is 15.0. The summed E-state index contributed by atoms with van der Waals surface area (Å²) in [4.78, 5) is 0.280. The largest absolute Gasteiger partial charge is 0.246 e. The summed E-state index contributed by atoms with van der Waals surface area (Å²) in [6.07, 6.45) is 1.87. The van der Waals surface area contributed by atoms with Gasteiger partial charge in [0.15, 0.2) is 0 Å². The van der Waals surface area contributed by atoms with E-state index in [1.165, 1.54) is 4.31 Å². The Bertz CT molecular complexity index is 1320. The van der Waals surface area contributed by atoms with E-state index in [4.69, 9.17) is 11.6 Å². The van der Waals surface area contributed by atoms with Crippen LogP contribution in [-0.4, -0.2) is 40.8 Å². The molecule has 0 unspecified atom stereocenters. The number of nitrogens with zero attached hydrogens (tertiary/aromatic N) is 4. The Morgan fingerprint density at radius 3 is 2.29 bits per heavy atom. The molecular weight excluding hydrogens is 432 g/mol. The van der Waals surface area contributed by atoms with Crippen LogP contribution in [0.15, 0.2) is 90.0 Å². The smallest absolute Gasteiger partial charge is 0.243 e. The molecule has 31 heavy (non-hydrogen) atoms. The van der Waals surface area contributed by atoms with Gasteiger partial charge in [-0.3, -0.25) is 0 Å². The quantitative estimate of drug-likeness (QED) is 0.448. The summed E-state index contributed by atoms with van der Waals surface area (Å²) in [5, 5.41) is 9.06. The lowest BCUT2D eigenvalue weighted by atomic mass is 10.1. The van der Waals surface area contributed by atoms with Gasteiger partial charge in [-0.2, -0.15) is 4.31 Å². The van der Waals surface area contributed by atoms with E-state index in [0.717, 1.165) is 22.4 Å². The van der Waals surface area contributed by atoms with Crippen molar-refractivity contribution in [3.05, 3.63) is 90.1 Å². The van der Waals surface area contributed by atoms with Crippen LogP contribution in [0.5, 0.6) is 0 Å². The van der Waals surface area contributed by atoms with Gasteiger partial charge in [0.2, 0.25) is 10.0 Å². The number of hydrogen-bond acceptors (Lipinski definition) is 4. The van der Waals surface area contributed by atoms with Crippen molar-refractivity contribution in [1.29, 1.82) is 0 Å². The second kappa shape index (κ2) is 7.92. The first-order valence-electron chi connectivity index (χ1n) is 9.84. The van der Waals surface area contributed by atoms with Gasteiger partial charge in [0.05, 0.1) is 17.1 Å². The fourth-order valence-electron chi connectivity index (χ4n) is 3.60. The zero-order chi connectivity index (χ0) is 21.4. The van der Waals surface area contributed by atoms with Gasteiger partial charge in [-0.15, -0.1) is 5.10 Å². The third-order valence-corrected chi connectivity index (χ3v) is 7.51. The van der Waals surface area contributed by atoms with E-state index in [-0.39, 0.29) is 10.9 Å². The predicted molar refractivity (Wildman–Crippen MR) is 120 cm³/mol. The zero-order valence-electron chi connectivity index (χ0n) is 16.5. The first kappa shape index (κ1) is 19.9. The molecule has 1 fully saturated rings. The Morgan fingerprint density at radius 1 is 0.839 bits per heavy atom. The molecular formula is C23H19ClN4O2S. The van der Waals surface area contributed by atoms with Crippen molar-refractivity contribution in [2.24, 2.45) is 0 Å². The molecule has 1 aromatic heterocycles. The second-order valence-corrected chi connectivity index (χ2v) is 9.83. The summed E-state index contributed by atoms with van der Waals surface area (Å²) in [6.45, 7) is 0.732. The summed E-state index contributed by atoms with van der Waals surface area (Å²) in [7, 11) is -3.58. The molecule has 6 nitrogen and oxygen atoms in total. The Balaban J connectivity index is 1.32. The van der Waals surface area contributed by atoms with E-state index < -0.39 is 10.0 Å². The molecule has 0 saturated carbocycles. The van der Waals surface area contributed by atoms with Crippen LogP contribution in [0.4, 0.5) is 0 Å². The zero-order valence-corrected chi connectivity index (χ0v) is 18.0. The third kappa shape index (κ3) is 3.87. The van der Waals surface area contributed by atoms with E-state index in [0.29, 0.717) is 18.1 Å². The van der Waals surface area contributed by atoms with Crippen LogP contribution in [0.3, 0.4) is 0 Å². The molecule has 0 spiro atoms. The Labute approximate surface area is 185 Å². The van der Waals surface area contributed by atoms with Crippen molar-refractivity contribution >= 4 is 21.6 Å². The first-order chi connectivity index (χ1) is 15.0. The van der Waals surface area contributed by atoms with Crippen molar-refractivity contribution < 1.29 is 8.42 Å². The molecule has 156 valence electrons. The lowest BCUT2D eigenvalue weighted by Crippen LogP contribution is -2.50. The van der Waals surface area contributed by atoms with Crippen LogP contribution in [0.2, 0.25) is 5.02 Å². The molecule has 0 aliphatic carbocycles. The summed E-state index contributed by atoms with van der Waals surface area (Å²) >= 11 is 5.96. The van der Waals surface area contributed by atoms with Crippen LogP contribution in [0.25, 0.3) is 22.4 Å². The van der Waals surface area contributed by atoms with E-state index in [2.05, 4.69) is 10.3 Å². The number of benzene rings is 3. The fraction of sp³-hybridized carbons (Fsp3) is 0.130. The van der Waals surface area contributed by atoms with Crippen molar-refractivity contribution in [2.45, 2.75) is 10.9 Å². The molecule has 0 radical (unpaired) electrons. The van der Waals surface area contributed by atoms with Gasteiger partial charge in [0, 0.05) is 23.7 Å². The van der Waals surface area contributed by atoms with E-state index >= 15 is 0 Å². The standard InChI is InChI=1S/C23H19ClN4O2S/c24-20-11-9-17(10-12-20)19-7-4-8-22(13-19)31(29,30)27-14-21(15-27)28-16-23(25-26-28)18-5-2-1-3-6-18/h1-13,16,21H,14-15H2. The summed E-state index contributed by atoms with van der Waals surface area (Å²) in [6, 6.07) is 24.1. The summed E-state index contributed by atoms with van der Waals surface area (Å²) in [5.41, 5.74) is 3.51. The number of sulfonamides is 1. The van der Waals surface area contributed by atoms with Gasteiger partial charge in [0.25, 0.3) is 0 Å². The third-order valence-electron chi connectivity index (χ3n) is 5.43. The fourth-order valence-corrected chi connectivity index (χ4v) is 5.29. The van der Waals surface area contributed by atoms with Gasteiger partial charge >= 0.3 is 0 Å². The average Bonchev–Trinajstić information content (AvgIpc) is 3.23. The molecule has 0 amide bonds. The minimum absolute atomic E-state index is 0.0285. The van der Waals surface area contributed by atoms with Gasteiger partial charge in [0.1, 0.15) is 5.69 Å². The van der Waals surface area contributed by atoms with Crippen LogP contribution in [0.1, 0.15) is 6.04 Å². The molecule has 0 atom stereocenters. The van der Waals surface area contributed by atoms with Crippen molar-refractivity contribution in [3.8, 4) is 22.4 Å². The Morgan fingerprint density at radius 2 is 1.55 bits per heavy atom. The van der Waals surface area contributed by atoms with E-state index in [1.54, 1.807) is 35.0 Å². The summed E-state index contributed by atoms with van der Waals surface area (Å²) < 4.78 is 29.5. The van der Waals surface area contributed by atoms with Gasteiger partial charge < -0.3 is 0 Å². The molecule has 3 aromatic carbocycles. The van der Waals surface area contributed by atoms with Crippen LogP contribution in [-0.2, 0) is 10.0 Å². The van der Waals surface area contributed by atoms with Crippen LogP contribution < -0.4 is 0 Å². The molecule has 1 aliphatic heterocycles. The van der Waals surface area contributed by atoms with Gasteiger partial charge in [-0.1, -0.05) is 71.4 Å². The Hall–Kier alpha value is -3.00. The van der Waals surface area contributed by atoms with E-state index in [1.807, 2.05) is 54.7 Å². The number of halogens is 1. The van der Waals surface area contributed by atoms with Gasteiger partial charge in [-0.05, 0) is 35.4 Å². The maximum Gasteiger partial charge on any atom is 0.243 e. The SMILES string of the molecule is O=S(=O)(c1cccc(-c2ccc(Cl)cc2)c1)N1CC(n2cc(-c3ccccc3)nn2)C1. The van der Waals surface area contributed by atoms with E-state index in [9.17, 15) is 8.42 Å². The Kier molecular flexibility index (Phi) is 5.09. The monoisotopic (exact) mass is 450 g/mol. The lowest BCUT2D eigenvalue weighted by molar-refractivity contribution is 0.189. The number of aromatic nitrogens is 3. The molecule has 2 heterocycles. The molecule has 1 saturated heterocycles. The molecule has 4 aromatic rings. The first-order valence-corrected chi connectivity index (χ1v) is 11.7. The molecule has 8 heteroatoms. The molecule has 5 rings (SSSR count). The topological polar surface area (TPSA) is 68.1 Å². The van der Waals surface area contributed by atoms with Crippen LogP contribution >= 0.6 is 11.6 Å². The molecule has 0 N–H and O–H groups in total. The predicted octanol–water partition coefficient (Wildman–Crippen LogP) is 4.51.